The van der Waals surface area contributed by atoms with E-state index in [1.807, 2.05) is 36.6 Å². The molecule has 1 saturated heterocycles. The Labute approximate surface area is 156 Å². The minimum atomic E-state index is 0.130. The van der Waals surface area contributed by atoms with E-state index in [4.69, 9.17) is 9.26 Å². The van der Waals surface area contributed by atoms with Gasteiger partial charge in [0.1, 0.15) is 16.5 Å². The average Bonchev–Trinajstić information content (AvgIpc) is 3.33. The van der Waals surface area contributed by atoms with Crippen LogP contribution in [0.1, 0.15) is 18.8 Å². The third-order valence-corrected chi connectivity index (χ3v) is 5.28. The molecule has 0 aliphatic carbocycles. The van der Waals surface area contributed by atoms with Crippen LogP contribution in [0.4, 0.5) is 0 Å². The first-order chi connectivity index (χ1) is 12.7. The molecule has 1 unspecified atom stereocenters. The second-order valence-electron chi connectivity index (χ2n) is 6.15. The van der Waals surface area contributed by atoms with Crippen molar-refractivity contribution in [2.24, 2.45) is 0 Å². The van der Waals surface area contributed by atoms with Gasteiger partial charge in [-0.15, -0.1) is 11.3 Å². The van der Waals surface area contributed by atoms with Gasteiger partial charge in [0.15, 0.2) is 5.82 Å². The first-order valence-electron chi connectivity index (χ1n) is 8.68. The van der Waals surface area contributed by atoms with E-state index in [0.29, 0.717) is 24.0 Å². The summed E-state index contributed by atoms with van der Waals surface area (Å²) in [6.45, 7) is 5.40. The molecule has 0 bridgehead atoms. The summed E-state index contributed by atoms with van der Waals surface area (Å²) in [6, 6.07) is 8.06. The highest BCUT2D eigenvalue weighted by Gasteiger charge is 2.26. The standard InChI is InChI=1S/C18H21N5O2S/c1-3-24-13-6-4-12(5-7-13)18-20-14(11-26-18)17-21-16(22-25-17)15-10-19-8-9-23(15)2/h4-7,11,15,19H,3,8-10H2,1-2H3. The van der Waals surface area contributed by atoms with E-state index in [0.717, 1.165) is 36.0 Å². The average molecular weight is 371 g/mol. The number of thiazole rings is 1. The molecule has 8 heteroatoms. The van der Waals surface area contributed by atoms with Gasteiger partial charge in [-0.2, -0.15) is 4.98 Å². The minimum absolute atomic E-state index is 0.130. The van der Waals surface area contributed by atoms with Crippen molar-refractivity contribution >= 4 is 11.3 Å². The maximum Gasteiger partial charge on any atom is 0.277 e. The molecule has 1 N–H and O–H groups in total. The number of rotatable bonds is 5. The summed E-state index contributed by atoms with van der Waals surface area (Å²) in [7, 11) is 2.08. The smallest absolute Gasteiger partial charge is 0.277 e. The zero-order valence-corrected chi connectivity index (χ0v) is 15.6. The molecule has 3 aromatic rings. The molecule has 1 aliphatic rings. The maximum absolute atomic E-state index is 5.48. The highest BCUT2D eigenvalue weighted by molar-refractivity contribution is 7.13. The van der Waals surface area contributed by atoms with E-state index in [1.165, 1.54) is 0 Å². The summed E-state index contributed by atoms with van der Waals surface area (Å²) >= 11 is 1.56. The van der Waals surface area contributed by atoms with Gasteiger partial charge < -0.3 is 14.6 Å². The number of piperazine rings is 1. The Morgan fingerprint density at radius 2 is 2.15 bits per heavy atom. The molecular formula is C18H21N5O2S. The molecule has 2 aromatic heterocycles. The van der Waals surface area contributed by atoms with E-state index >= 15 is 0 Å². The van der Waals surface area contributed by atoms with Gasteiger partial charge in [0.2, 0.25) is 0 Å². The highest BCUT2D eigenvalue weighted by atomic mass is 32.1. The van der Waals surface area contributed by atoms with Gasteiger partial charge in [-0.3, -0.25) is 4.90 Å². The number of ether oxygens (including phenoxy) is 1. The molecule has 1 aliphatic heterocycles. The summed E-state index contributed by atoms with van der Waals surface area (Å²) in [5.41, 5.74) is 1.75. The molecule has 1 atom stereocenters. The van der Waals surface area contributed by atoms with Gasteiger partial charge in [0.05, 0.1) is 12.6 Å². The van der Waals surface area contributed by atoms with Crippen molar-refractivity contribution < 1.29 is 9.26 Å². The molecule has 136 valence electrons. The van der Waals surface area contributed by atoms with E-state index in [2.05, 4.69) is 32.4 Å². The van der Waals surface area contributed by atoms with Crippen molar-refractivity contribution in [1.29, 1.82) is 0 Å². The number of aromatic nitrogens is 3. The predicted octanol–water partition coefficient (Wildman–Crippen LogP) is 2.83. The normalized spacial score (nSPS) is 18.2. The molecule has 0 amide bonds. The minimum Gasteiger partial charge on any atom is -0.494 e. The van der Waals surface area contributed by atoms with Crippen LogP contribution < -0.4 is 10.1 Å². The number of hydrogen-bond donors (Lipinski definition) is 1. The quantitative estimate of drug-likeness (QED) is 0.739. The largest absolute Gasteiger partial charge is 0.494 e. The second-order valence-corrected chi connectivity index (χ2v) is 7.01. The van der Waals surface area contributed by atoms with Crippen LogP contribution in [-0.2, 0) is 0 Å². The first-order valence-corrected chi connectivity index (χ1v) is 9.56. The monoisotopic (exact) mass is 371 g/mol. The van der Waals surface area contributed by atoms with Gasteiger partial charge >= 0.3 is 0 Å². The van der Waals surface area contributed by atoms with Crippen molar-refractivity contribution in [2.75, 3.05) is 33.3 Å². The van der Waals surface area contributed by atoms with Gasteiger partial charge in [0.25, 0.3) is 5.89 Å². The van der Waals surface area contributed by atoms with Gasteiger partial charge in [-0.1, -0.05) is 5.16 Å². The Kier molecular flexibility index (Phi) is 4.96. The maximum atomic E-state index is 5.48. The fraction of sp³-hybridized carbons (Fsp3) is 0.389. The molecule has 0 spiro atoms. The van der Waals surface area contributed by atoms with Gasteiger partial charge in [-0.25, -0.2) is 4.98 Å². The van der Waals surface area contributed by atoms with Crippen molar-refractivity contribution in [2.45, 2.75) is 13.0 Å². The van der Waals surface area contributed by atoms with Crippen molar-refractivity contribution in [3.05, 3.63) is 35.5 Å². The lowest BCUT2D eigenvalue weighted by molar-refractivity contribution is 0.190. The SMILES string of the molecule is CCOc1ccc(-c2nc(-c3nc(C4CNCCN4C)no3)cs2)cc1. The van der Waals surface area contributed by atoms with E-state index in [9.17, 15) is 0 Å². The van der Waals surface area contributed by atoms with Crippen LogP contribution in [0.5, 0.6) is 5.75 Å². The third kappa shape index (κ3) is 3.48. The Balaban J connectivity index is 1.53. The van der Waals surface area contributed by atoms with Crippen molar-refractivity contribution in [3.63, 3.8) is 0 Å². The van der Waals surface area contributed by atoms with Crippen LogP contribution in [0.2, 0.25) is 0 Å². The van der Waals surface area contributed by atoms with Gasteiger partial charge in [0, 0.05) is 30.6 Å². The predicted molar refractivity (Wildman–Crippen MR) is 100 cm³/mol. The Morgan fingerprint density at radius 3 is 2.92 bits per heavy atom. The van der Waals surface area contributed by atoms with Crippen LogP contribution in [0.3, 0.4) is 0 Å². The Bertz CT molecular complexity index is 861. The molecule has 4 rings (SSSR count). The van der Waals surface area contributed by atoms with E-state index < -0.39 is 0 Å². The van der Waals surface area contributed by atoms with E-state index in [-0.39, 0.29) is 6.04 Å². The first kappa shape index (κ1) is 17.1. The number of nitrogens with one attached hydrogen (secondary N) is 1. The molecule has 3 heterocycles. The lowest BCUT2D eigenvalue weighted by Gasteiger charge is -2.30. The highest BCUT2D eigenvalue weighted by Crippen LogP contribution is 2.30. The lowest BCUT2D eigenvalue weighted by atomic mass is 10.2. The Morgan fingerprint density at radius 1 is 1.31 bits per heavy atom. The number of likely N-dealkylation sites (N-methyl/N-ethyl adjacent to an activating group) is 1. The zero-order chi connectivity index (χ0) is 17.9. The van der Waals surface area contributed by atoms with Gasteiger partial charge in [-0.05, 0) is 38.2 Å². The zero-order valence-electron chi connectivity index (χ0n) is 14.8. The summed E-state index contributed by atoms with van der Waals surface area (Å²) in [4.78, 5) is 11.5. The molecule has 1 aromatic carbocycles. The molecule has 0 radical (unpaired) electrons. The number of hydrogen-bond acceptors (Lipinski definition) is 8. The van der Waals surface area contributed by atoms with Crippen LogP contribution in [0.15, 0.2) is 34.2 Å². The second kappa shape index (κ2) is 7.53. The summed E-state index contributed by atoms with van der Waals surface area (Å²) < 4.78 is 10.9. The molecular weight excluding hydrogens is 350 g/mol. The summed E-state index contributed by atoms with van der Waals surface area (Å²) in [5.74, 6) is 2.03. The van der Waals surface area contributed by atoms with Crippen molar-refractivity contribution in [1.82, 2.24) is 25.3 Å². The van der Waals surface area contributed by atoms with Crippen molar-refractivity contribution in [3.8, 4) is 27.9 Å². The number of nitrogens with zero attached hydrogens (tertiary/aromatic N) is 4. The van der Waals surface area contributed by atoms with Crippen LogP contribution in [-0.4, -0.2) is 53.3 Å². The molecule has 0 saturated carbocycles. The molecule has 1 fully saturated rings. The van der Waals surface area contributed by atoms with Crippen LogP contribution >= 0.6 is 11.3 Å². The summed E-state index contributed by atoms with van der Waals surface area (Å²) in [5, 5.41) is 10.4. The molecule has 26 heavy (non-hydrogen) atoms. The van der Waals surface area contributed by atoms with Crippen LogP contribution in [0, 0.1) is 0 Å². The fourth-order valence-electron chi connectivity index (χ4n) is 2.93. The van der Waals surface area contributed by atoms with E-state index in [1.54, 1.807) is 11.3 Å². The number of benzene rings is 1. The van der Waals surface area contributed by atoms with Crippen LogP contribution in [0.25, 0.3) is 22.2 Å². The molecule has 7 nitrogen and oxygen atoms in total. The third-order valence-electron chi connectivity index (χ3n) is 4.39. The lowest BCUT2D eigenvalue weighted by Crippen LogP contribution is -2.44. The Hall–Kier alpha value is -2.29. The topological polar surface area (TPSA) is 76.3 Å². The summed E-state index contributed by atoms with van der Waals surface area (Å²) in [6.07, 6.45) is 0. The fourth-order valence-corrected chi connectivity index (χ4v) is 3.73.